The van der Waals surface area contributed by atoms with Gasteiger partial charge in [-0.15, -0.1) is 0 Å². The molecule has 0 heterocycles. The summed E-state index contributed by atoms with van der Waals surface area (Å²) in [6, 6.07) is 0. The molecule has 0 atom stereocenters. The zero-order valence-corrected chi connectivity index (χ0v) is 8.10. The monoisotopic (exact) mass is 154 g/mol. The molecule has 0 aromatic rings. The lowest BCUT2D eigenvalue weighted by molar-refractivity contribution is 0.734. The highest BCUT2D eigenvalue weighted by molar-refractivity contribution is 5.55. The van der Waals surface area contributed by atoms with Crippen LogP contribution in [0, 0.1) is 5.92 Å². The van der Waals surface area contributed by atoms with Gasteiger partial charge in [0.2, 0.25) is 0 Å². The van der Waals surface area contributed by atoms with Crippen LogP contribution < -0.4 is 5.32 Å². The largest absolute Gasteiger partial charge is 0.373 e. The van der Waals surface area contributed by atoms with E-state index in [-0.39, 0.29) is 0 Å². The Morgan fingerprint density at radius 3 is 2.27 bits per heavy atom. The summed E-state index contributed by atoms with van der Waals surface area (Å²) in [6.07, 6.45) is 1.80. The van der Waals surface area contributed by atoms with Crippen LogP contribution in [-0.2, 0) is 0 Å². The number of hydrogen-bond donors (Lipinski definition) is 1. The third-order valence-corrected chi connectivity index (χ3v) is 1.73. The first-order valence-corrected chi connectivity index (χ1v) is 4.00. The van der Waals surface area contributed by atoms with E-state index in [4.69, 9.17) is 0 Å². The summed E-state index contributed by atoms with van der Waals surface area (Å²) >= 11 is 0. The topological polar surface area (TPSA) is 24.4 Å². The minimum Gasteiger partial charge on any atom is -0.373 e. The van der Waals surface area contributed by atoms with Crippen molar-refractivity contribution in [2.75, 3.05) is 7.05 Å². The van der Waals surface area contributed by atoms with Crippen molar-refractivity contribution in [1.82, 2.24) is 5.32 Å². The quantitative estimate of drug-likeness (QED) is 0.619. The molecule has 64 valence electrons. The van der Waals surface area contributed by atoms with Gasteiger partial charge in [0.05, 0.1) is 0 Å². The van der Waals surface area contributed by atoms with E-state index in [0.29, 0.717) is 5.92 Å². The van der Waals surface area contributed by atoms with Crippen LogP contribution in [0.2, 0.25) is 0 Å². The summed E-state index contributed by atoms with van der Waals surface area (Å²) < 4.78 is 0. The molecule has 0 saturated carbocycles. The molecule has 1 N–H and O–H groups in total. The Bertz CT molecular complexity index is 166. The highest BCUT2D eigenvalue weighted by Crippen LogP contribution is 2.12. The van der Waals surface area contributed by atoms with Crippen molar-refractivity contribution in [2.24, 2.45) is 10.9 Å². The predicted octanol–water partition coefficient (Wildman–Crippen LogP) is 2.18. The molecule has 0 aliphatic rings. The van der Waals surface area contributed by atoms with Gasteiger partial charge >= 0.3 is 0 Å². The van der Waals surface area contributed by atoms with Gasteiger partial charge in [-0.2, -0.15) is 0 Å². The smallest absolute Gasteiger partial charge is 0.124 e. The molecule has 0 unspecified atom stereocenters. The maximum absolute atomic E-state index is 4.21. The summed E-state index contributed by atoms with van der Waals surface area (Å²) in [5, 5.41) is 3.07. The molecule has 0 saturated heterocycles. The van der Waals surface area contributed by atoms with Crippen LogP contribution in [0.25, 0.3) is 0 Å². The lowest BCUT2D eigenvalue weighted by Gasteiger charge is -2.09. The fourth-order valence-corrected chi connectivity index (χ4v) is 0.766. The summed E-state index contributed by atoms with van der Waals surface area (Å²) in [7, 11) is 1.90. The van der Waals surface area contributed by atoms with Crippen molar-refractivity contribution in [3.8, 4) is 0 Å². The molecule has 11 heavy (non-hydrogen) atoms. The van der Waals surface area contributed by atoms with Crippen LogP contribution >= 0.6 is 0 Å². The molecule has 0 fully saturated rings. The first kappa shape index (κ1) is 10.2. The molecule has 0 aliphatic carbocycles. The van der Waals surface area contributed by atoms with Gasteiger partial charge in [0.1, 0.15) is 5.82 Å². The Balaban J connectivity index is 4.53. The molecule has 0 aliphatic heterocycles. The van der Waals surface area contributed by atoms with Gasteiger partial charge in [-0.25, -0.2) is 4.99 Å². The number of allylic oxidation sites excluding steroid dienone is 1. The van der Waals surface area contributed by atoms with Gasteiger partial charge in [-0.05, 0) is 25.3 Å². The van der Waals surface area contributed by atoms with Gasteiger partial charge in [0, 0.05) is 13.3 Å². The molecule has 0 radical (unpaired) electrons. The summed E-state index contributed by atoms with van der Waals surface area (Å²) in [4.78, 5) is 4.21. The van der Waals surface area contributed by atoms with E-state index in [1.54, 1.807) is 6.21 Å². The van der Waals surface area contributed by atoms with Crippen LogP contribution in [0.4, 0.5) is 0 Å². The minimum atomic E-state index is 0.557. The normalized spacial score (nSPS) is 14.0. The first-order chi connectivity index (χ1) is 5.13. The van der Waals surface area contributed by atoms with E-state index in [1.807, 2.05) is 14.0 Å². The maximum atomic E-state index is 4.21. The van der Waals surface area contributed by atoms with Crippen molar-refractivity contribution >= 4 is 6.21 Å². The van der Waals surface area contributed by atoms with Crippen LogP contribution in [0.3, 0.4) is 0 Å². The van der Waals surface area contributed by atoms with Crippen LogP contribution in [-0.4, -0.2) is 13.3 Å². The molecule has 0 aromatic carbocycles. The molecule has 0 aromatic heterocycles. The highest BCUT2D eigenvalue weighted by Gasteiger charge is 2.01. The van der Waals surface area contributed by atoms with Crippen LogP contribution in [0.1, 0.15) is 27.7 Å². The molecule has 0 bridgehead atoms. The zero-order valence-electron chi connectivity index (χ0n) is 8.10. The predicted molar refractivity (Wildman–Crippen MR) is 50.8 cm³/mol. The third kappa shape index (κ3) is 3.21. The Morgan fingerprint density at radius 1 is 1.45 bits per heavy atom. The Hall–Kier alpha value is -0.790. The van der Waals surface area contributed by atoms with Crippen LogP contribution in [0.15, 0.2) is 16.4 Å². The van der Waals surface area contributed by atoms with Gasteiger partial charge in [0.15, 0.2) is 0 Å². The van der Waals surface area contributed by atoms with Crippen molar-refractivity contribution < 1.29 is 0 Å². The molecule has 2 nitrogen and oxygen atoms in total. The average Bonchev–Trinajstić information content (AvgIpc) is 1.98. The van der Waals surface area contributed by atoms with E-state index < -0.39 is 0 Å². The zero-order chi connectivity index (χ0) is 8.85. The Morgan fingerprint density at radius 2 is 2.00 bits per heavy atom. The van der Waals surface area contributed by atoms with Crippen molar-refractivity contribution in [2.45, 2.75) is 27.7 Å². The maximum Gasteiger partial charge on any atom is 0.124 e. The van der Waals surface area contributed by atoms with E-state index in [1.165, 1.54) is 5.57 Å². The third-order valence-electron chi connectivity index (χ3n) is 1.73. The van der Waals surface area contributed by atoms with Gasteiger partial charge in [0.25, 0.3) is 0 Å². The lowest BCUT2D eigenvalue weighted by atomic mass is 10.1. The van der Waals surface area contributed by atoms with Crippen molar-refractivity contribution in [1.29, 1.82) is 0 Å². The molecule has 0 amide bonds. The summed E-state index contributed by atoms with van der Waals surface area (Å²) in [5.41, 5.74) is 1.30. The van der Waals surface area contributed by atoms with E-state index in [9.17, 15) is 0 Å². The SMILES string of the molecule is CC=NC(NC)=C(C)C(C)C. The molecular weight excluding hydrogens is 136 g/mol. The van der Waals surface area contributed by atoms with Gasteiger partial charge < -0.3 is 5.32 Å². The highest BCUT2D eigenvalue weighted by atomic mass is 15.0. The fraction of sp³-hybridized carbons (Fsp3) is 0.667. The molecule has 2 heteroatoms. The van der Waals surface area contributed by atoms with E-state index >= 15 is 0 Å². The fourth-order valence-electron chi connectivity index (χ4n) is 0.766. The Kier molecular flexibility index (Phi) is 4.59. The second kappa shape index (κ2) is 4.94. The first-order valence-electron chi connectivity index (χ1n) is 4.00. The van der Waals surface area contributed by atoms with Crippen molar-refractivity contribution in [3.63, 3.8) is 0 Å². The number of nitrogens with zero attached hydrogens (tertiary/aromatic N) is 1. The number of rotatable bonds is 3. The van der Waals surface area contributed by atoms with Crippen LogP contribution in [0.5, 0.6) is 0 Å². The standard InChI is InChI=1S/C9H18N2/c1-6-11-9(10-5)8(4)7(2)3/h6-7,10H,1-5H3. The number of aliphatic imine (C=N–C) groups is 1. The van der Waals surface area contributed by atoms with Gasteiger partial charge in [-0.3, -0.25) is 0 Å². The number of hydrogen-bond acceptors (Lipinski definition) is 2. The second-order valence-electron chi connectivity index (χ2n) is 2.82. The average molecular weight is 154 g/mol. The molecule has 0 rings (SSSR count). The van der Waals surface area contributed by atoms with E-state index in [2.05, 4.69) is 31.1 Å². The summed E-state index contributed by atoms with van der Waals surface area (Å²) in [6.45, 7) is 8.35. The molecular formula is C9H18N2. The number of nitrogens with one attached hydrogen (secondary N) is 1. The minimum absolute atomic E-state index is 0.557. The van der Waals surface area contributed by atoms with E-state index in [0.717, 1.165) is 5.82 Å². The molecule has 0 spiro atoms. The Labute approximate surface area is 69.4 Å². The summed E-state index contributed by atoms with van der Waals surface area (Å²) in [5.74, 6) is 1.55. The van der Waals surface area contributed by atoms with Crippen molar-refractivity contribution in [3.05, 3.63) is 11.4 Å². The second-order valence-corrected chi connectivity index (χ2v) is 2.82. The lowest BCUT2D eigenvalue weighted by Crippen LogP contribution is -2.08. The van der Waals surface area contributed by atoms with Gasteiger partial charge in [-0.1, -0.05) is 13.8 Å².